The maximum absolute atomic E-state index is 12.7. The Morgan fingerprint density at radius 2 is 2.04 bits per heavy atom. The first-order valence-corrected chi connectivity index (χ1v) is 8.28. The van der Waals surface area contributed by atoms with Gasteiger partial charge in [0.1, 0.15) is 0 Å². The zero-order valence-corrected chi connectivity index (χ0v) is 14.8. The van der Waals surface area contributed by atoms with E-state index in [1.165, 1.54) is 0 Å². The summed E-state index contributed by atoms with van der Waals surface area (Å²) < 4.78 is 11.3. The number of carbonyl (C=O) groups excluding carboxylic acids is 1. The third-order valence-electron chi connectivity index (χ3n) is 4.45. The molecule has 3 aromatic rings. The van der Waals surface area contributed by atoms with Crippen molar-refractivity contribution < 1.29 is 14.3 Å². The van der Waals surface area contributed by atoms with Gasteiger partial charge in [-0.1, -0.05) is 17.7 Å². The van der Waals surface area contributed by atoms with Crippen LogP contribution >= 0.6 is 0 Å². The zero-order valence-electron chi connectivity index (χ0n) is 14.8. The highest BCUT2D eigenvalue weighted by molar-refractivity contribution is 6.07. The van der Waals surface area contributed by atoms with Crippen LogP contribution in [0.25, 0.3) is 16.8 Å². The quantitative estimate of drug-likeness (QED) is 0.526. The van der Waals surface area contributed by atoms with Crippen molar-refractivity contribution in [3.63, 3.8) is 0 Å². The molecule has 0 fully saturated rings. The van der Waals surface area contributed by atoms with Gasteiger partial charge in [-0.15, -0.1) is 0 Å². The highest BCUT2D eigenvalue weighted by Gasteiger charge is 2.25. The lowest BCUT2D eigenvalue weighted by Gasteiger charge is -2.25. The van der Waals surface area contributed by atoms with E-state index in [2.05, 4.69) is 4.98 Å². The van der Waals surface area contributed by atoms with Gasteiger partial charge in [0.05, 0.1) is 24.1 Å². The largest absolute Gasteiger partial charge is 0.493 e. The fraction of sp³-hybridized carbons (Fsp3) is 0.143. The highest BCUT2D eigenvalue weighted by Crippen LogP contribution is 2.46. The average molecular weight is 346 g/mol. The summed E-state index contributed by atoms with van der Waals surface area (Å²) >= 11 is 0. The molecule has 0 aliphatic carbocycles. The topological polar surface area (TPSA) is 51.7 Å². The second kappa shape index (κ2) is 6.19. The summed E-state index contributed by atoms with van der Waals surface area (Å²) in [4.78, 5) is 19.1. The molecule has 2 heterocycles. The molecule has 0 saturated heterocycles. The molecular weight excluding hydrogens is 328 g/mol. The van der Waals surface area contributed by atoms with Gasteiger partial charge in [-0.25, -0.2) is 4.79 Å². The standard InChI is InChI=1S/C21H18N2O3/c1-13-5-4-6-15(11-13)21(24)26-20-17(25-3)12-14-7-9-22-16-8-10-23(2)19(20)18(14)16/h4-12H,1-3H3. The van der Waals surface area contributed by atoms with E-state index in [-0.39, 0.29) is 0 Å². The predicted octanol–water partition coefficient (Wildman–Crippen LogP) is 4.19. The van der Waals surface area contributed by atoms with Crippen molar-refractivity contribution in [3.8, 4) is 11.5 Å². The lowest BCUT2D eigenvalue weighted by Crippen LogP contribution is -2.17. The Morgan fingerprint density at radius 3 is 2.81 bits per heavy atom. The van der Waals surface area contributed by atoms with Crippen LogP contribution in [0.5, 0.6) is 11.5 Å². The highest BCUT2D eigenvalue weighted by atomic mass is 16.6. The third kappa shape index (κ3) is 2.58. The SMILES string of the molecule is COc1cc2ccnc3c2c(c1OC(=O)c1cccc(C)c1)N(C)C=C3. The van der Waals surface area contributed by atoms with E-state index in [0.29, 0.717) is 17.1 Å². The van der Waals surface area contributed by atoms with Crippen molar-refractivity contribution >= 4 is 28.5 Å². The normalized spacial score (nSPS) is 12.3. The number of ether oxygens (including phenoxy) is 2. The van der Waals surface area contributed by atoms with Crippen molar-refractivity contribution in [1.82, 2.24) is 4.98 Å². The number of aromatic nitrogens is 1. The molecule has 0 bridgehead atoms. The number of benzene rings is 2. The Kier molecular flexibility index (Phi) is 3.84. The van der Waals surface area contributed by atoms with Crippen LogP contribution in [0.3, 0.4) is 0 Å². The first-order valence-electron chi connectivity index (χ1n) is 8.28. The number of nitrogens with zero attached hydrogens (tertiary/aromatic N) is 2. The van der Waals surface area contributed by atoms with Crippen LogP contribution in [0.15, 0.2) is 48.8 Å². The van der Waals surface area contributed by atoms with Crippen molar-refractivity contribution in [2.75, 3.05) is 19.1 Å². The Bertz CT molecular complexity index is 1060. The summed E-state index contributed by atoms with van der Waals surface area (Å²) in [5.41, 5.74) is 3.11. The van der Waals surface area contributed by atoms with Gasteiger partial charge in [-0.2, -0.15) is 0 Å². The van der Waals surface area contributed by atoms with Crippen molar-refractivity contribution in [2.24, 2.45) is 0 Å². The number of carbonyl (C=O) groups is 1. The third-order valence-corrected chi connectivity index (χ3v) is 4.45. The van der Waals surface area contributed by atoms with Crippen LogP contribution in [0.2, 0.25) is 0 Å². The molecule has 0 unspecified atom stereocenters. The molecule has 0 spiro atoms. The Balaban J connectivity index is 1.88. The second-order valence-corrected chi connectivity index (χ2v) is 6.24. The molecule has 1 aliphatic rings. The smallest absolute Gasteiger partial charge is 0.343 e. The molecule has 130 valence electrons. The zero-order chi connectivity index (χ0) is 18.3. The molecule has 0 radical (unpaired) electrons. The molecule has 5 nitrogen and oxygen atoms in total. The lowest BCUT2D eigenvalue weighted by molar-refractivity contribution is 0.0730. The molecular formula is C21H18N2O3. The Morgan fingerprint density at radius 1 is 1.19 bits per heavy atom. The number of rotatable bonds is 3. The fourth-order valence-electron chi connectivity index (χ4n) is 3.20. The molecule has 4 rings (SSSR count). The minimum Gasteiger partial charge on any atom is -0.493 e. The van der Waals surface area contributed by atoms with Gasteiger partial charge in [0.15, 0.2) is 11.5 Å². The molecule has 2 aromatic carbocycles. The van der Waals surface area contributed by atoms with Gasteiger partial charge in [-0.05, 0) is 42.7 Å². The van der Waals surface area contributed by atoms with Gasteiger partial charge in [0.25, 0.3) is 0 Å². The maximum Gasteiger partial charge on any atom is 0.343 e. The Hall–Kier alpha value is -3.34. The van der Waals surface area contributed by atoms with E-state index < -0.39 is 5.97 Å². The van der Waals surface area contributed by atoms with Crippen molar-refractivity contribution in [3.05, 3.63) is 65.6 Å². The summed E-state index contributed by atoms with van der Waals surface area (Å²) in [5.74, 6) is 0.483. The molecule has 0 atom stereocenters. The van der Waals surface area contributed by atoms with Gasteiger partial charge >= 0.3 is 5.97 Å². The molecule has 5 heteroatoms. The van der Waals surface area contributed by atoms with Gasteiger partial charge in [0, 0.05) is 24.8 Å². The van der Waals surface area contributed by atoms with Crippen LogP contribution in [0.1, 0.15) is 21.6 Å². The molecule has 1 aliphatic heterocycles. The monoisotopic (exact) mass is 346 g/mol. The lowest BCUT2D eigenvalue weighted by atomic mass is 10.0. The maximum atomic E-state index is 12.7. The number of esters is 1. The van der Waals surface area contributed by atoms with E-state index in [0.717, 1.165) is 27.7 Å². The van der Waals surface area contributed by atoms with E-state index in [1.807, 2.05) is 55.4 Å². The van der Waals surface area contributed by atoms with Gasteiger partial charge in [-0.3, -0.25) is 4.98 Å². The number of hydrogen-bond donors (Lipinski definition) is 0. The van der Waals surface area contributed by atoms with Crippen LogP contribution in [0.4, 0.5) is 5.69 Å². The van der Waals surface area contributed by atoms with Crippen molar-refractivity contribution in [2.45, 2.75) is 6.92 Å². The number of pyridine rings is 1. The molecule has 26 heavy (non-hydrogen) atoms. The summed E-state index contributed by atoms with van der Waals surface area (Å²) in [5, 5.41) is 1.92. The molecule has 1 aromatic heterocycles. The van der Waals surface area contributed by atoms with E-state index >= 15 is 0 Å². The predicted molar refractivity (Wildman–Crippen MR) is 102 cm³/mol. The molecule has 0 amide bonds. The second-order valence-electron chi connectivity index (χ2n) is 6.24. The average Bonchev–Trinajstić information content (AvgIpc) is 2.65. The van der Waals surface area contributed by atoms with E-state index in [9.17, 15) is 4.79 Å². The van der Waals surface area contributed by atoms with E-state index in [1.54, 1.807) is 25.4 Å². The molecule has 0 saturated carbocycles. The Labute approximate surface area is 151 Å². The van der Waals surface area contributed by atoms with Crippen LogP contribution in [-0.2, 0) is 0 Å². The summed E-state index contributed by atoms with van der Waals surface area (Å²) in [6.45, 7) is 1.94. The van der Waals surface area contributed by atoms with Crippen molar-refractivity contribution in [1.29, 1.82) is 0 Å². The minimum absolute atomic E-state index is 0.396. The van der Waals surface area contributed by atoms with Gasteiger partial charge in [0.2, 0.25) is 0 Å². The minimum atomic E-state index is -0.420. The number of anilines is 1. The van der Waals surface area contributed by atoms with Crippen LogP contribution < -0.4 is 14.4 Å². The van der Waals surface area contributed by atoms with E-state index in [4.69, 9.17) is 9.47 Å². The molecule has 0 N–H and O–H groups in total. The first-order chi connectivity index (χ1) is 12.6. The number of aryl methyl sites for hydroxylation is 1. The fourth-order valence-corrected chi connectivity index (χ4v) is 3.20. The van der Waals surface area contributed by atoms with Crippen LogP contribution in [-0.4, -0.2) is 25.1 Å². The number of methoxy groups -OCH3 is 1. The summed E-state index contributed by atoms with van der Waals surface area (Å²) in [6.07, 6.45) is 5.59. The first kappa shape index (κ1) is 16.1. The van der Waals surface area contributed by atoms with Gasteiger partial charge < -0.3 is 14.4 Å². The number of hydrogen-bond acceptors (Lipinski definition) is 5. The summed E-state index contributed by atoms with van der Waals surface area (Å²) in [7, 11) is 3.48. The van der Waals surface area contributed by atoms with Crippen LogP contribution in [0, 0.1) is 6.92 Å². The summed E-state index contributed by atoms with van der Waals surface area (Å²) in [6, 6.07) is 11.1.